The fraction of sp³-hybridized carbons (Fsp3) is 0.176. The maximum Gasteiger partial charge on any atom is 0.244 e. The van der Waals surface area contributed by atoms with Crippen molar-refractivity contribution in [2.24, 2.45) is 5.10 Å². The number of nitrogens with zero attached hydrogens (tertiary/aromatic N) is 1. The van der Waals surface area contributed by atoms with Crippen LogP contribution in [0.1, 0.15) is 11.1 Å². The Kier molecular flexibility index (Phi) is 6.46. The zero-order chi connectivity index (χ0) is 17.5. The monoisotopic (exact) mass is 366 g/mol. The summed E-state index contributed by atoms with van der Waals surface area (Å²) in [6.07, 6.45) is 1.68. The molecule has 0 saturated heterocycles. The minimum absolute atomic E-state index is 0.214. The molecule has 0 saturated carbocycles. The second-order valence-corrected chi connectivity index (χ2v) is 5.65. The molecule has 0 aliphatic heterocycles. The van der Waals surface area contributed by atoms with E-state index < -0.39 is 0 Å². The van der Waals surface area contributed by atoms with Crippen LogP contribution < -0.4 is 14.9 Å². The average Bonchev–Trinajstić information content (AvgIpc) is 2.55. The second-order valence-electron chi connectivity index (χ2n) is 4.84. The molecule has 7 heteroatoms. The van der Waals surface area contributed by atoms with Gasteiger partial charge in [0, 0.05) is 0 Å². The molecule has 1 N–H and O–H groups in total. The zero-order valence-corrected chi connectivity index (χ0v) is 14.7. The molecule has 2 aromatic carbocycles. The SMILES string of the molecule is COc1ccc(CC(=O)N/N=C\c2cc(Cl)c(OC)c(Cl)c2)cc1. The van der Waals surface area contributed by atoms with Gasteiger partial charge in [-0.05, 0) is 35.4 Å². The predicted molar refractivity (Wildman–Crippen MR) is 95.4 cm³/mol. The average molecular weight is 367 g/mol. The number of carbonyl (C=O) groups is 1. The van der Waals surface area contributed by atoms with Crippen LogP contribution in [0.3, 0.4) is 0 Å². The third-order valence-corrected chi connectivity index (χ3v) is 3.71. The van der Waals surface area contributed by atoms with E-state index in [1.54, 1.807) is 31.4 Å². The maximum atomic E-state index is 11.9. The van der Waals surface area contributed by atoms with Crippen LogP contribution in [0.2, 0.25) is 10.0 Å². The number of benzene rings is 2. The van der Waals surface area contributed by atoms with Crippen LogP contribution >= 0.6 is 23.2 Å². The van der Waals surface area contributed by atoms with E-state index in [9.17, 15) is 4.79 Å². The van der Waals surface area contributed by atoms with Gasteiger partial charge in [-0.25, -0.2) is 5.43 Å². The minimum Gasteiger partial charge on any atom is -0.497 e. The third-order valence-electron chi connectivity index (χ3n) is 3.15. The summed E-state index contributed by atoms with van der Waals surface area (Å²) < 4.78 is 10.1. The lowest BCUT2D eigenvalue weighted by molar-refractivity contribution is -0.120. The molecular weight excluding hydrogens is 351 g/mol. The van der Waals surface area contributed by atoms with Gasteiger partial charge in [-0.2, -0.15) is 5.10 Å². The fourth-order valence-electron chi connectivity index (χ4n) is 2.00. The summed E-state index contributed by atoms with van der Waals surface area (Å²) in [7, 11) is 3.08. The summed E-state index contributed by atoms with van der Waals surface area (Å²) in [6.45, 7) is 0. The molecule has 2 rings (SSSR count). The molecule has 0 fully saturated rings. The lowest BCUT2D eigenvalue weighted by atomic mass is 10.1. The van der Waals surface area contributed by atoms with Gasteiger partial charge in [0.1, 0.15) is 5.75 Å². The number of hydrazone groups is 1. The van der Waals surface area contributed by atoms with Crippen molar-refractivity contribution < 1.29 is 14.3 Å². The van der Waals surface area contributed by atoms with E-state index in [-0.39, 0.29) is 12.3 Å². The van der Waals surface area contributed by atoms with Crippen LogP contribution in [-0.2, 0) is 11.2 Å². The molecule has 0 atom stereocenters. The molecule has 0 bridgehead atoms. The van der Waals surface area contributed by atoms with Crippen LogP contribution in [0.4, 0.5) is 0 Å². The highest BCUT2D eigenvalue weighted by molar-refractivity contribution is 6.37. The molecule has 24 heavy (non-hydrogen) atoms. The van der Waals surface area contributed by atoms with Gasteiger partial charge < -0.3 is 9.47 Å². The van der Waals surface area contributed by atoms with Gasteiger partial charge in [-0.3, -0.25) is 4.79 Å². The second kappa shape index (κ2) is 8.57. The summed E-state index contributed by atoms with van der Waals surface area (Å²) in [6, 6.07) is 10.5. The Bertz CT molecular complexity index is 723. The van der Waals surface area contributed by atoms with Crippen molar-refractivity contribution in [3.05, 3.63) is 57.6 Å². The van der Waals surface area contributed by atoms with Gasteiger partial charge in [0.2, 0.25) is 5.91 Å². The van der Waals surface area contributed by atoms with Crippen molar-refractivity contribution in [1.82, 2.24) is 5.43 Å². The smallest absolute Gasteiger partial charge is 0.244 e. The largest absolute Gasteiger partial charge is 0.497 e. The Balaban J connectivity index is 1.94. The van der Waals surface area contributed by atoms with E-state index in [0.717, 1.165) is 11.3 Å². The topological polar surface area (TPSA) is 59.9 Å². The molecule has 0 aliphatic rings. The summed E-state index contributed by atoms with van der Waals surface area (Å²) >= 11 is 12.1. The van der Waals surface area contributed by atoms with E-state index in [1.165, 1.54) is 13.3 Å². The van der Waals surface area contributed by atoms with Crippen molar-refractivity contribution in [2.45, 2.75) is 6.42 Å². The Labute approximate surface area is 150 Å². The molecule has 0 radical (unpaired) electrons. The molecule has 0 heterocycles. The van der Waals surface area contributed by atoms with Crippen molar-refractivity contribution >= 4 is 35.3 Å². The summed E-state index contributed by atoms with van der Waals surface area (Å²) in [4.78, 5) is 11.9. The minimum atomic E-state index is -0.234. The first-order valence-electron chi connectivity index (χ1n) is 7.01. The molecule has 0 aromatic heterocycles. The summed E-state index contributed by atoms with van der Waals surface area (Å²) in [5.41, 5.74) is 3.97. The van der Waals surface area contributed by atoms with Crippen LogP contribution in [0.25, 0.3) is 0 Å². The van der Waals surface area contributed by atoms with E-state index in [4.69, 9.17) is 32.7 Å². The Morgan fingerprint density at radius 3 is 2.29 bits per heavy atom. The Morgan fingerprint density at radius 2 is 1.75 bits per heavy atom. The number of amides is 1. The molecule has 5 nitrogen and oxygen atoms in total. The number of nitrogens with one attached hydrogen (secondary N) is 1. The first kappa shape index (κ1) is 18.1. The van der Waals surface area contributed by atoms with Gasteiger partial charge in [0.05, 0.1) is 36.9 Å². The van der Waals surface area contributed by atoms with Crippen molar-refractivity contribution in [3.8, 4) is 11.5 Å². The number of carbonyl (C=O) groups excluding carboxylic acids is 1. The lowest BCUT2D eigenvalue weighted by Crippen LogP contribution is -2.19. The van der Waals surface area contributed by atoms with Crippen molar-refractivity contribution in [3.63, 3.8) is 0 Å². The molecule has 0 unspecified atom stereocenters. The first-order chi connectivity index (χ1) is 11.5. The maximum absolute atomic E-state index is 11.9. The Hall–Kier alpha value is -2.24. The van der Waals surface area contributed by atoms with Gasteiger partial charge in [0.25, 0.3) is 0 Å². The molecule has 1 amide bonds. The number of halogens is 2. The first-order valence-corrected chi connectivity index (χ1v) is 7.77. The summed E-state index contributed by atoms with van der Waals surface area (Å²) in [5, 5.41) is 4.64. The van der Waals surface area contributed by atoms with E-state index >= 15 is 0 Å². The normalized spacial score (nSPS) is 10.7. The Morgan fingerprint density at radius 1 is 1.12 bits per heavy atom. The quantitative estimate of drug-likeness (QED) is 0.626. The lowest BCUT2D eigenvalue weighted by Gasteiger charge is -2.06. The zero-order valence-electron chi connectivity index (χ0n) is 13.2. The highest BCUT2D eigenvalue weighted by Crippen LogP contribution is 2.33. The van der Waals surface area contributed by atoms with E-state index in [2.05, 4.69) is 10.5 Å². The van der Waals surface area contributed by atoms with Gasteiger partial charge >= 0.3 is 0 Å². The molecule has 0 spiro atoms. The van der Waals surface area contributed by atoms with Crippen LogP contribution in [0.15, 0.2) is 41.5 Å². The van der Waals surface area contributed by atoms with E-state index in [0.29, 0.717) is 21.4 Å². The van der Waals surface area contributed by atoms with Crippen molar-refractivity contribution in [2.75, 3.05) is 14.2 Å². The standard InChI is InChI=1S/C17H16Cl2N2O3/c1-23-13-5-3-11(4-6-13)9-16(22)21-20-10-12-7-14(18)17(24-2)15(19)8-12/h3-8,10H,9H2,1-2H3,(H,21,22)/b20-10-. The number of hydrogen-bond donors (Lipinski definition) is 1. The van der Waals surface area contributed by atoms with Crippen molar-refractivity contribution in [1.29, 1.82) is 0 Å². The highest BCUT2D eigenvalue weighted by Gasteiger charge is 2.07. The third kappa shape index (κ3) is 4.88. The van der Waals surface area contributed by atoms with Crippen LogP contribution in [0.5, 0.6) is 11.5 Å². The molecular formula is C17H16Cl2N2O3. The number of ether oxygens (including phenoxy) is 2. The molecule has 2 aromatic rings. The van der Waals surface area contributed by atoms with Crippen LogP contribution in [-0.4, -0.2) is 26.3 Å². The molecule has 0 aliphatic carbocycles. The number of hydrogen-bond acceptors (Lipinski definition) is 4. The highest BCUT2D eigenvalue weighted by atomic mass is 35.5. The van der Waals surface area contributed by atoms with Gasteiger partial charge in [-0.15, -0.1) is 0 Å². The van der Waals surface area contributed by atoms with Gasteiger partial charge in [-0.1, -0.05) is 35.3 Å². The van der Waals surface area contributed by atoms with Crippen LogP contribution in [0, 0.1) is 0 Å². The number of methoxy groups -OCH3 is 2. The predicted octanol–water partition coefficient (Wildman–Crippen LogP) is 3.70. The summed E-state index contributed by atoms with van der Waals surface area (Å²) in [5.74, 6) is 0.909. The fourth-order valence-corrected chi connectivity index (χ4v) is 2.65. The number of rotatable bonds is 6. The van der Waals surface area contributed by atoms with E-state index in [1.807, 2.05) is 12.1 Å². The van der Waals surface area contributed by atoms with Gasteiger partial charge in [0.15, 0.2) is 5.75 Å². The molecule has 126 valence electrons.